The minimum Gasteiger partial charge on any atom is -0.386 e. The molecule has 5 nitrogen and oxygen atoms in total. The third kappa shape index (κ3) is 2.45. The van der Waals surface area contributed by atoms with Crippen LogP contribution in [-0.2, 0) is 9.53 Å². The van der Waals surface area contributed by atoms with Gasteiger partial charge in [-0.25, -0.2) is 0 Å². The number of fused-ring (bicyclic) bond motifs is 1. The average molecular weight is 330 g/mol. The molecular formula is C16H26O5S. The number of ether oxygens (including phenoxy) is 1. The van der Waals surface area contributed by atoms with Crippen LogP contribution in [0.25, 0.3) is 0 Å². The number of thioether (sulfide) groups is 1. The molecule has 6 heteroatoms. The van der Waals surface area contributed by atoms with Crippen LogP contribution in [0.2, 0.25) is 0 Å². The highest BCUT2D eigenvalue weighted by Crippen LogP contribution is 2.54. The van der Waals surface area contributed by atoms with E-state index in [1.165, 1.54) is 25.8 Å². The van der Waals surface area contributed by atoms with Crippen LogP contribution in [-0.4, -0.2) is 62.1 Å². The van der Waals surface area contributed by atoms with Crippen LogP contribution in [0.5, 0.6) is 0 Å². The first-order valence-electron chi connectivity index (χ1n) is 7.58. The molecule has 0 bridgehead atoms. The van der Waals surface area contributed by atoms with E-state index in [1.54, 1.807) is 0 Å². The van der Waals surface area contributed by atoms with Crippen molar-refractivity contribution >= 4 is 17.5 Å². The summed E-state index contributed by atoms with van der Waals surface area (Å²) in [6, 6.07) is 0. The van der Waals surface area contributed by atoms with Crippen molar-refractivity contribution in [3.63, 3.8) is 0 Å². The summed E-state index contributed by atoms with van der Waals surface area (Å²) in [7, 11) is 1.33. The fourth-order valence-electron chi connectivity index (χ4n) is 3.64. The molecule has 5 atom stereocenters. The van der Waals surface area contributed by atoms with E-state index in [0.717, 1.165) is 5.57 Å². The predicted molar refractivity (Wildman–Crippen MR) is 85.9 cm³/mol. The quantitative estimate of drug-likeness (QED) is 0.671. The maximum absolute atomic E-state index is 12.2. The number of Topliss-reactive ketones (excluding diaryl/α,β-unsaturated/α-hetero) is 1. The van der Waals surface area contributed by atoms with Gasteiger partial charge in [0.1, 0.15) is 17.3 Å². The van der Waals surface area contributed by atoms with Gasteiger partial charge in [-0.2, -0.15) is 11.8 Å². The molecule has 0 radical (unpaired) electrons. The van der Waals surface area contributed by atoms with Crippen molar-refractivity contribution in [3.8, 4) is 0 Å². The van der Waals surface area contributed by atoms with Gasteiger partial charge in [0.05, 0.1) is 0 Å². The Kier molecular flexibility index (Phi) is 4.82. The third-order valence-electron chi connectivity index (χ3n) is 5.06. The molecule has 1 saturated heterocycles. The zero-order chi connectivity index (χ0) is 16.8. The Morgan fingerprint density at radius 2 is 2.05 bits per heavy atom. The summed E-state index contributed by atoms with van der Waals surface area (Å²) in [5.74, 6) is -0.00329. The monoisotopic (exact) mass is 330 g/mol. The number of allylic oxidation sites excluding steroid dienone is 2. The molecule has 1 heterocycles. The van der Waals surface area contributed by atoms with E-state index >= 15 is 0 Å². The number of methoxy groups -OCH3 is 1. The number of hydrogen-bond donors (Lipinski definition) is 3. The van der Waals surface area contributed by atoms with Gasteiger partial charge >= 0.3 is 0 Å². The maximum Gasteiger partial charge on any atom is 0.164 e. The topological polar surface area (TPSA) is 87.0 Å². The van der Waals surface area contributed by atoms with Crippen LogP contribution in [0.15, 0.2) is 11.6 Å². The molecule has 0 amide bonds. The second-order valence-electron chi connectivity index (χ2n) is 6.84. The van der Waals surface area contributed by atoms with Crippen molar-refractivity contribution < 1.29 is 24.9 Å². The number of carbonyl (C=O) groups excluding carboxylic acids is 1. The summed E-state index contributed by atoms with van der Waals surface area (Å²) < 4.78 is 5.21. The Hall–Kier alpha value is -0.400. The number of carbonyl (C=O) groups is 1. The Morgan fingerprint density at radius 3 is 2.59 bits per heavy atom. The van der Waals surface area contributed by atoms with Gasteiger partial charge in [0, 0.05) is 24.5 Å². The second kappa shape index (κ2) is 5.91. The lowest BCUT2D eigenvalue weighted by molar-refractivity contribution is -0.284. The van der Waals surface area contributed by atoms with E-state index in [4.69, 9.17) is 4.74 Å². The molecule has 22 heavy (non-hydrogen) atoms. The first-order valence-corrected chi connectivity index (χ1v) is 8.62. The summed E-state index contributed by atoms with van der Waals surface area (Å²) in [4.78, 5) is 12.2. The summed E-state index contributed by atoms with van der Waals surface area (Å²) in [5, 5.41) is 33.0. The lowest BCUT2D eigenvalue weighted by atomic mass is 9.60. The molecule has 1 aliphatic heterocycles. The van der Waals surface area contributed by atoms with Gasteiger partial charge in [-0.15, -0.1) is 0 Å². The molecule has 0 unspecified atom stereocenters. The van der Waals surface area contributed by atoms with Crippen LogP contribution < -0.4 is 0 Å². The molecule has 2 fully saturated rings. The zero-order valence-corrected chi connectivity index (χ0v) is 14.4. The van der Waals surface area contributed by atoms with E-state index in [2.05, 4.69) is 0 Å². The highest BCUT2D eigenvalue weighted by Gasteiger charge is 2.71. The van der Waals surface area contributed by atoms with Gasteiger partial charge in [0.15, 0.2) is 11.4 Å². The van der Waals surface area contributed by atoms with Gasteiger partial charge in [-0.1, -0.05) is 11.6 Å². The Bertz CT molecular complexity index is 485. The molecular weight excluding hydrogens is 304 g/mol. The molecule has 0 aromatic heterocycles. The van der Waals surface area contributed by atoms with Crippen LogP contribution in [0, 0.1) is 0 Å². The van der Waals surface area contributed by atoms with Gasteiger partial charge in [-0.05, 0) is 33.6 Å². The summed E-state index contributed by atoms with van der Waals surface area (Å²) in [6.07, 6.45) is 1.62. The van der Waals surface area contributed by atoms with Crippen molar-refractivity contribution in [2.24, 2.45) is 0 Å². The standard InChI is InChI=1S/C16H26O5S/c1-10(2)5-6-12-14(3,18)16(20)13(21-4)11(17)7-8-15(16,19)9-22-12/h5,12-13,18-20H,6-9H2,1-4H3/t12-,13-,14+,15+,16+/m1/s1. The Balaban J connectivity index is 2.45. The number of rotatable bonds is 3. The molecule has 0 aromatic rings. The van der Waals surface area contributed by atoms with Crippen molar-refractivity contribution in [1.82, 2.24) is 0 Å². The number of hydrogen-bond acceptors (Lipinski definition) is 6. The summed E-state index contributed by atoms with van der Waals surface area (Å²) in [5.41, 5.74) is -4.06. The van der Waals surface area contributed by atoms with Crippen molar-refractivity contribution in [1.29, 1.82) is 0 Å². The van der Waals surface area contributed by atoms with E-state index in [0.29, 0.717) is 6.42 Å². The van der Waals surface area contributed by atoms with Crippen molar-refractivity contribution in [2.75, 3.05) is 12.9 Å². The maximum atomic E-state index is 12.2. The summed E-state index contributed by atoms with van der Waals surface area (Å²) >= 11 is 1.44. The van der Waals surface area contributed by atoms with Gasteiger partial charge in [0.25, 0.3) is 0 Å². The van der Waals surface area contributed by atoms with Crippen molar-refractivity contribution in [2.45, 2.75) is 68.2 Å². The zero-order valence-electron chi connectivity index (χ0n) is 13.6. The highest BCUT2D eigenvalue weighted by atomic mass is 32.2. The fraction of sp³-hybridized carbons (Fsp3) is 0.812. The van der Waals surface area contributed by atoms with E-state index in [9.17, 15) is 20.1 Å². The Morgan fingerprint density at radius 1 is 1.41 bits per heavy atom. The van der Waals surface area contributed by atoms with Gasteiger partial charge in [0.2, 0.25) is 0 Å². The van der Waals surface area contributed by atoms with Gasteiger partial charge < -0.3 is 20.1 Å². The highest BCUT2D eigenvalue weighted by molar-refractivity contribution is 8.00. The SMILES string of the molecule is CO[C@@H]1C(=O)CC[C@]2(O)CS[C@H](CC=C(C)C)[C@](C)(O)[C@@]12O. The molecule has 0 aromatic carbocycles. The lowest BCUT2D eigenvalue weighted by Gasteiger charge is -2.61. The second-order valence-corrected chi connectivity index (χ2v) is 8.04. The minimum absolute atomic E-state index is 0.140. The molecule has 2 aliphatic rings. The van der Waals surface area contributed by atoms with E-state index in [-0.39, 0.29) is 29.6 Å². The van der Waals surface area contributed by atoms with E-state index < -0.39 is 22.9 Å². The summed E-state index contributed by atoms with van der Waals surface area (Å²) in [6.45, 7) is 5.43. The first kappa shape index (κ1) is 17.9. The number of ketones is 1. The van der Waals surface area contributed by atoms with Crippen LogP contribution in [0.1, 0.15) is 40.0 Å². The first-order chi connectivity index (χ1) is 10.1. The van der Waals surface area contributed by atoms with E-state index in [1.807, 2.05) is 19.9 Å². The largest absolute Gasteiger partial charge is 0.386 e. The third-order valence-corrected chi connectivity index (χ3v) is 6.76. The molecule has 0 spiro atoms. The number of aliphatic hydroxyl groups is 3. The molecule has 1 aliphatic carbocycles. The average Bonchev–Trinajstić information content (AvgIpc) is 2.42. The van der Waals surface area contributed by atoms with Crippen molar-refractivity contribution in [3.05, 3.63) is 11.6 Å². The lowest BCUT2D eigenvalue weighted by Crippen LogP contribution is -2.81. The van der Waals surface area contributed by atoms with Crippen LogP contribution in [0.4, 0.5) is 0 Å². The fourth-order valence-corrected chi connectivity index (χ4v) is 5.21. The van der Waals surface area contributed by atoms with Crippen LogP contribution >= 0.6 is 11.8 Å². The van der Waals surface area contributed by atoms with Gasteiger partial charge in [-0.3, -0.25) is 4.79 Å². The van der Waals surface area contributed by atoms with Crippen LogP contribution in [0.3, 0.4) is 0 Å². The normalized spacial score (nSPS) is 45.3. The molecule has 2 rings (SSSR count). The smallest absolute Gasteiger partial charge is 0.164 e. The molecule has 1 saturated carbocycles. The minimum atomic E-state index is -2.00. The molecule has 3 N–H and O–H groups in total. The molecule has 126 valence electrons. The Labute approximate surface area is 135 Å². The predicted octanol–water partition coefficient (Wildman–Crippen LogP) is 1.05.